The molecule has 2 rings (SSSR count). The average Bonchev–Trinajstić information content (AvgIpc) is 2.46. The average molecular weight is 284 g/mol. The Labute approximate surface area is 123 Å². The van der Waals surface area contributed by atoms with Gasteiger partial charge in [0.1, 0.15) is 5.75 Å². The summed E-state index contributed by atoms with van der Waals surface area (Å²) in [6.45, 7) is 3.35. The fourth-order valence-corrected chi connectivity index (χ4v) is 1.96. The molecule has 4 heteroatoms. The van der Waals surface area contributed by atoms with Crippen molar-refractivity contribution in [1.82, 2.24) is 0 Å². The molecule has 0 saturated carbocycles. The molecular formula is C17H16O4. The zero-order valence-corrected chi connectivity index (χ0v) is 11.9. The lowest BCUT2D eigenvalue weighted by Gasteiger charge is -2.09. The Morgan fingerprint density at radius 2 is 1.62 bits per heavy atom. The van der Waals surface area contributed by atoms with Crippen molar-refractivity contribution in [2.75, 3.05) is 6.61 Å². The van der Waals surface area contributed by atoms with Gasteiger partial charge in [-0.1, -0.05) is 29.8 Å². The first-order valence-corrected chi connectivity index (χ1v) is 6.54. The fourth-order valence-electron chi connectivity index (χ4n) is 1.96. The van der Waals surface area contributed by atoms with Gasteiger partial charge in [-0.25, -0.2) is 4.79 Å². The normalized spacial score (nSPS) is 10.2. The quantitative estimate of drug-likeness (QED) is 0.857. The third-order valence-corrected chi connectivity index (χ3v) is 3.10. The van der Waals surface area contributed by atoms with Gasteiger partial charge in [0, 0.05) is 11.1 Å². The molecule has 0 fully saturated rings. The molecule has 0 spiro atoms. The molecule has 0 heterocycles. The van der Waals surface area contributed by atoms with Crippen molar-refractivity contribution in [3.8, 4) is 5.75 Å². The lowest BCUT2D eigenvalue weighted by Crippen LogP contribution is -2.10. The molecule has 21 heavy (non-hydrogen) atoms. The highest BCUT2D eigenvalue weighted by molar-refractivity contribution is 6.09. The van der Waals surface area contributed by atoms with Gasteiger partial charge in [-0.2, -0.15) is 0 Å². The van der Waals surface area contributed by atoms with Crippen LogP contribution in [0.25, 0.3) is 0 Å². The van der Waals surface area contributed by atoms with Crippen LogP contribution in [0, 0.1) is 13.8 Å². The van der Waals surface area contributed by atoms with Crippen LogP contribution in [0.4, 0.5) is 0 Å². The van der Waals surface area contributed by atoms with E-state index < -0.39 is 12.6 Å². The van der Waals surface area contributed by atoms with E-state index in [-0.39, 0.29) is 5.78 Å². The Morgan fingerprint density at radius 3 is 2.19 bits per heavy atom. The van der Waals surface area contributed by atoms with E-state index in [1.807, 2.05) is 19.1 Å². The topological polar surface area (TPSA) is 63.6 Å². The van der Waals surface area contributed by atoms with E-state index in [9.17, 15) is 9.59 Å². The molecule has 0 aliphatic carbocycles. The molecule has 1 N–H and O–H groups in total. The maximum absolute atomic E-state index is 12.4. The molecule has 0 amide bonds. The number of hydrogen-bond acceptors (Lipinski definition) is 3. The summed E-state index contributed by atoms with van der Waals surface area (Å²) in [5.74, 6) is -0.630. The zero-order chi connectivity index (χ0) is 15.4. The number of carboxylic acid groups (broad SMARTS) is 1. The standard InChI is InChI=1S/C17H16O4/c1-11-3-5-13(6-4-11)17(20)14-7-8-15(12(2)9-14)21-10-16(18)19/h3-9H,10H2,1-2H3,(H,18,19). The molecule has 0 saturated heterocycles. The summed E-state index contributed by atoms with van der Waals surface area (Å²) in [7, 11) is 0. The van der Waals surface area contributed by atoms with Gasteiger partial charge in [-0.15, -0.1) is 0 Å². The van der Waals surface area contributed by atoms with Crippen molar-refractivity contribution < 1.29 is 19.4 Å². The van der Waals surface area contributed by atoms with Gasteiger partial charge in [0.05, 0.1) is 0 Å². The number of benzene rings is 2. The molecule has 2 aromatic carbocycles. The molecule has 0 atom stereocenters. The number of rotatable bonds is 5. The minimum atomic E-state index is -1.03. The molecular weight excluding hydrogens is 268 g/mol. The predicted molar refractivity (Wildman–Crippen MR) is 78.9 cm³/mol. The summed E-state index contributed by atoms with van der Waals surface area (Å²) in [4.78, 5) is 22.8. The van der Waals surface area contributed by atoms with Crippen molar-refractivity contribution in [3.63, 3.8) is 0 Å². The predicted octanol–water partition coefficient (Wildman–Crippen LogP) is 3.00. The number of ketones is 1. The summed E-state index contributed by atoms with van der Waals surface area (Å²) in [6.07, 6.45) is 0. The smallest absolute Gasteiger partial charge is 0.341 e. The van der Waals surface area contributed by atoms with Crippen molar-refractivity contribution in [2.24, 2.45) is 0 Å². The Kier molecular flexibility index (Phi) is 4.38. The minimum absolute atomic E-state index is 0.0668. The lowest BCUT2D eigenvalue weighted by atomic mass is 10.0. The second-order valence-corrected chi connectivity index (χ2v) is 4.86. The van der Waals surface area contributed by atoms with Crippen LogP contribution in [0.1, 0.15) is 27.0 Å². The number of ether oxygens (including phenoxy) is 1. The summed E-state index contributed by atoms with van der Waals surface area (Å²) < 4.78 is 5.14. The Balaban J connectivity index is 2.21. The van der Waals surface area contributed by atoms with Gasteiger partial charge in [0.2, 0.25) is 0 Å². The SMILES string of the molecule is Cc1ccc(C(=O)c2ccc(OCC(=O)O)c(C)c2)cc1. The van der Waals surface area contributed by atoms with E-state index >= 15 is 0 Å². The Hall–Kier alpha value is -2.62. The molecule has 4 nitrogen and oxygen atoms in total. The van der Waals surface area contributed by atoms with Crippen LogP contribution in [0.5, 0.6) is 5.75 Å². The van der Waals surface area contributed by atoms with Gasteiger partial charge in [0.15, 0.2) is 12.4 Å². The monoisotopic (exact) mass is 284 g/mol. The number of carboxylic acids is 1. The maximum Gasteiger partial charge on any atom is 0.341 e. The van der Waals surface area contributed by atoms with Crippen LogP contribution in [-0.4, -0.2) is 23.5 Å². The minimum Gasteiger partial charge on any atom is -0.482 e. The third kappa shape index (κ3) is 3.69. The lowest BCUT2D eigenvalue weighted by molar-refractivity contribution is -0.139. The summed E-state index contributed by atoms with van der Waals surface area (Å²) in [5.41, 5.74) is 3.01. The fraction of sp³-hybridized carbons (Fsp3) is 0.176. The van der Waals surface area contributed by atoms with E-state index in [4.69, 9.17) is 9.84 Å². The first kappa shape index (κ1) is 14.8. The van der Waals surface area contributed by atoms with Crippen LogP contribution < -0.4 is 4.74 Å². The van der Waals surface area contributed by atoms with E-state index in [1.54, 1.807) is 37.3 Å². The van der Waals surface area contributed by atoms with Gasteiger partial charge in [-0.3, -0.25) is 4.79 Å². The summed E-state index contributed by atoms with van der Waals surface area (Å²) in [6, 6.07) is 12.4. The second kappa shape index (κ2) is 6.22. The van der Waals surface area contributed by atoms with Crippen molar-refractivity contribution in [1.29, 1.82) is 0 Å². The number of aryl methyl sites for hydroxylation is 2. The van der Waals surface area contributed by atoms with Crippen molar-refractivity contribution in [2.45, 2.75) is 13.8 Å². The molecule has 2 aromatic rings. The van der Waals surface area contributed by atoms with Crippen molar-refractivity contribution >= 4 is 11.8 Å². The van der Waals surface area contributed by atoms with E-state index in [1.165, 1.54) is 0 Å². The van der Waals surface area contributed by atoms with Crippen LogP contribution >= 0.6 is 0 Å². The first-order chi connectivity index (χ1) is 9.97. The second-order valence-electron chi connectivity index (χ2n) is 4.86. The third-order valence-electron chi connectivity index (χ3n) is 3.10. The van der Waals surface area contributed by atoms with Crippen molar-refractivity contribution in [3.05, 3.63) is 64.7 Å². The molecule has 0 radical (unpaired) electrons. The van der Waals surface area contributed by atoms with Crippen LogP contribution in [0.3, 0.4) is 0 Å². The van der Waals surface area contributed by atoms with E-state index in [2.05, 4.69) is 0 Å². The highest BCUT2D eigenvalue weighted by Gasteiger charge is 2.11. The highest BCUT2D eigenvalue weighted by Crippen LogP contribution is 2.21. The molecule has 0 aromatic heterocycles. The molecule has 0 aliphatic rings. The number of hydrogen-bond donors (Lipinski definition) is 1. The van der Waals surface area contributed by atoms with Gasteiger partial charge < -0.3 is 9.84 Å². The number of carbonyl (C=O) groups is 2. The summed E-state index contributed by atoms with van der Waals surface area (Å²) >= 11 is 0. The van der Waals surface area contributed by atoms with Gasteiger partial charge in [-0.05, 0) is 37.6 Å². The molecule has 108 valence electrons. The van der Waals surface area contributed by atoms with Crippen LogP contribution in [0.15, 0.2) is 42.5 Å². The first-order valence-electron chi connectivity index (χ1n) is 6.54. The zero-order valence-electron chi connectivity index (χ0n) is 11.9. The molecule has 0 aliphatic heterocycles. The molecule has 0 bridgehead atoms. The Morgan fingerprint density at radius 1 is 1.00 bits per heavy atom. The largest absolute Gasteiger partial charge is 0.482 e. The van der Waals surface area contributed by atoms with Gasteiger partial charge >= 0.3 is 5.97 Å². The Bertz CT molecular complexity index is 672. The number of aliphatic carboxylic acids is 1. The van der Waals surface area contributed by atoms with E-state index in [0.717, 1.165) is 11.1 Å². The highest BCUT2D eigenvalue weighted by atomic mass is 16.5. The van der Waals surface area contributed by atoms with Gasteiger partial charge in [0.25, 0.3) is 0 Å². The van der Waals surface area contributed by atoms with E-state index in [0.29, 0.717) is 16.9 Å². The summed E-state index contributed by atoms with van der Waals surface area (Å²) in [5, 5.41) is 8.60. The van der Waals surface area contributed by atoms with Crippen LogP contribution in [-0.2, 0) is 4.79 Å². The molecule has 0 unspecified atom stereocenters. The maximum atomic E-state index is 12.4. The van der Waals surface area contributed by atoms with Crippen LogP contribution in [0.2, 0.25) is 0 Å². The number of carbonyl (C=O) groups excluding carboxylic acids is 1.